The highest BCUT2D eigenvalue weighted by Crippen LogP contribution is 2.07. The van der Waals surface area contributed by atoms with E-state index in [1.807, 2.05) is 6.08 Å². The van der Waals surface area contributed by atoms with Crippen LogP contribution >= 0.6 is 0 Å². The summed E-state index contributed by atoms with van der Waals surface area (Å²) in [5, 5.41) is 0. The molecule has 0 aliphatic carbocycles. The van der Waals surface area contributed by atoms with E-state index in [1.165, 1.54) is 6.47 Å². The van der Waals surface area contributed by atoms with Crippen molar-refractivity contribution in [2.45, 2.75) is 25.7 Å². The molecule has 0 heterocycles. The third-order valence-corrected chi connectivity index (χ3v) is 2.60. The van der Waals surface area contributed by atoms with E-state index in [9.17, 15) is 4.79 Å². The lowest BCUT2D eigenvalue weighted by molar-refractivity contribution is 0.314. The number of rotatable bonds is 5. The Bertz CT molecular complexity index is 136. The zero-order chi connectivity index (χ0) is 8.74. The third-order valence-electron chi connectivity index (χ3n) is 1.14. The van der Waals surface area contributed by atoms with Crippen molar-refractivity contribution in [2.24, 2.45) is 0 Å². The molecule has 11 heavy (non-hydrogen) atoms. The topological polar surface area (TPSA) is 26.3 Å². The second kappa shape index (κ2) is 5.13. The number of ether oxygens (including phenoxy) is 1. The summed E-state index contributed by atoms with van der Waals surface area (Å²) in [6.45, 7) is 8.62. The van der Waals surface area contributed by atoms with Crippen molar-refractivity contribution in [3.05, 3.63) is 12.2 Å². The van der Waals surface area contributed by atoms with E-state index in [1.54, 1.807) is 0 Å². The van der Waals surface area contributed by atoms with Crippen LogP contribution in [-0.4, -0.2) is 21.2 Å². The molecule has 0 unspecified atom stereocenters. The second-order valence-corrected chi connectivity index (χ2v) is 9.16. The molecule has 0 aromatic carbocycles. The minimum absolute atomic E-state index is 0.355. The van der Waals surface area contributed by atoms with Crippen molar-refractivity contribution < 1.29 is 9.53 Å². The smallest absolute Gasteiger partial charge is 0.417 e. The molecule has 0 atom stereocenters. The molecule has 0 amide bonds. The van der Waals surface area contributed by atoms with Crippen LogP contribution < -0.4 is 0 Å². The van der Waals surface area contributed by atoms with Gasteiger partial charge >= 0.3 is 6.47 Å². The van der Waals surface area contributed by atoms with Gasteiger partial charge < -0.3 is 4.74 Å². The van der Waals surface area contributed by atoms with Gasteiger partial charge in [0.25, 0.3) is 0 Å². The van der Waals surface area contributed by atoms with Gasteiger partial charge in [-0.1, -0.05) is 31.8 Å². The summed E-state index contributed by atoms with van der Waals surface area (Å²) in [5.74, 6) is 0. The molecular weight excluding hydrogens is 156 g/mol. The Morgan fingerprint density at radius 2 is 2.00 bits per heavy atom. The molecule has 0 aliphatic heterocycles. The largest absolute Gasteiger partial charge is 0.453 e. The van der Waals surface area contributed by atoms with Crippen molar-refractivity contribution in [3.8, 4) is 0 Å². The summed E-state index contributed by atoms with van der Waals surface area (Å²) in [4.78, 5) is 9.59. The number of carbonyl (C=O) groups excluding carboxylic acids is 1. The van der Waals surface area contributed by atoms with Crippen LogP contribution in [0.2, 0.25) is 25.7 Å². The molecule has 0 N–H and O–H groups in total. The van der Waals surface area contributed by atoms with E-state index in [-0.39, 0.29) is 0 Å². The lowest BCUT2D eigenvalue weighted by Gasteiger charge is -2.11. The average molecular weight is 171 g/mol. The number of hydrogen-bond donors (Lipinski definition) is 0. The molecule has 0 saturated heterocycles. The van der Waals surface area contributed by atoms with Gasteiger partial charge in [-0.05, 0) is 6.04 Å². The Balaban J connectivity index is 3.37. The first-order chi connectivity index (χ1) is 5.06. The summed E-state index contributed by atoms with van der Waals surface area (Å²) in [6.07, 6.45) is 3.94. The minimum atomic E-state index is -0.958. The zero-order valence-electron chi connectivity index (χ0n) is 7.39. The molecule has 2 nitrogen and oxygen atoms in total. The Hall–Kier alpha value is -0.573. The molecule has 0 aromatic heterocycles. The molecule has 0 spiro atoms. The molecule has 1 radical (unpaired) electrons. The average Bonchev–Trinajstić information content (AvgIpc) is 1.85. The fourth-order valence-electron chi connectivity index (χ4n) is 0.587. The van der Waals surface area contributed by atoms with Gasteiger partial charge in [0.2, 0.25) is 0 Å². The molecule has 0 bridgehead atoms. The van der Waals surface area contributed by atoms with Crippen molar-refractivity contribution in [3.63, 3.8) is 0 Å². The highest BCUT2D eigenvalue weighted by atomic mass is 28.3. The number of allylic oxidation sites excluding steroid dienone is 1. The predicted molar refractivity (Wildman–Crippen MR) is 48.9 cm³/mol. The van der Waals surface area contributed by atoms with E-state index in [0.717, 1.165) is 6.04 Å². The maximum atomic E-state index is 9.59. The lowest BCUT2D eigenvalue weighted by atomic mass is 10.5. The number of hydrogen-bond acceptors (Lipinski definition) is 2. The van der Waals surface area contributed by atoms with E-state index in [4.69, 9.17) is 0 Å². The van der Waals surface area contributed by atoms with Crippen LogP contribution in [0.25, 0.3) is 0 Å². The Kier molecular flexibility index (Phi) is 4.86. The van der Waals surface area contributed by atoms with Crippen LogP contribution in [0.4, 0.5) is 0 Å². The molecule has 0 rings (SSSR count). The van der Waals surface area contributed by atoms with Crippen LogP contribution in [0.15, 0.2) is 12.2 Å². The summed E-state index contributed by atoms with van der Waals surface area (Å²) < 4.78 is 4.37. The highest BCUT2D eigenvalue weighted by Gasteiger charge is 2.08. The first kappa shape index (κ1) is 10.4. The van der Waals surface area contributed by atoms with Crippen LogP contribution in [-0.2, 0) is 9.53 Å². The van der Waals surface area contributed by atoms with Gasteiger partial charge in [-0.25, -0.2) is 4.79 Å². The van der Waals surface area contributed by atoms with Crippen molar-refractivity contribution in [2.75, 3.05) is 6.61 Å². The summed E-state index contributed by atoms with van der Waals surface area (Å²) >= 11 is 0. The predicted octanol–water partition coefficient (Wildman–Crippen LogP) is 1.96. The molecule has 3 heteroatoms. The molecule has 0 aromatic rings. The van der Waals surface area contributed by atoms with Crippen LogP contribution in [0.3, 0.4) is 0 Å². The standard InChI is InChI=1S/C8H15O2Si/c1-11(2,3)7-5-4-6-10-8-9/h4-5H,6-7H2,1-3H3. The zero-order valence-corrected chi connectivity index (χ0v) is 8.39. The molecule has 0 saturated carbocycles. The van der Waals surface area contributed by atoms with Crippen molar-refractivity contribution in [1.29, 1.82) is 0 Å². The van der Waals surface area contributed by atoms with E-state index < -0.39 is 8.07 Å². The Morgan fingerprint density at radius 3 is 2.45 bits per heavy atom. The highest BCUT2D eigenvalue weighted by molar-refractivity contribution is 6.76. The fraction of sp³-hybridized carbons (Fsp3) is 0.625. The van der Waals surface area contributed by atoms with Crippen molar-refractivity contribution >= 4 is 14.5 Å². The Labute approximate surface area is 69.3 Å². The quantitative estimate of drug-likeness (QED) is 0.359. The van der Waals surface area contributed by atoms with Gasteiger partial charge in [0.1, 0.15) is 6.61 Å². The van der Waals surface area contributed by atoms with Gasteiger partial charge in [0.05, 0.1) is 0 Å². The van der Waals surface area contributed by atoms with Crippen molar-refractivity contribution in [1.82, 2.24) is 0 Å². The van der Waals surface area contributed by atoms with Gasteiger partial charge in [0, 0.05) is 8.07 Å². The normalized spacial score (nSPS) is 11.9. The SMILES string of the molecule is C[Si](C)(C)CC=CCO[C]=O. The van der Waals surface area contributed by atoms with Crippen LogP contribution in [0.5, 0.6) is 0 Å². The summed E-state index contributed by atoms with van der Waals surface area (Å²) in [6, 6.07) is 1.13. The summed E-state index contributed by atoms with van der Waals surface area (Å²) in [7, 11) is -0.958. The third kappa shape index (κ3) is 9.43. The van der Waals surface area contributed by atoms with Gasteiger partial charge in [-0.2, -0.15) is 0 Å². The monoisotopic (exact) mass is 171 g/mol. The minimum Gasteiger partial charge on any atom is -0.453 e. The van der Waals surface area contributed by atoms with Crippen LogP contribution in [0, 0.1) is 0 Å². The van der Waals surface area contributed by atoms with Gasteiger partial charge in [-0.15, -0.1) is 0 Å². The Morgan fingerprint density at radius 1 is 1.36 bits per heavy atom. The van der Waals surface area contributed by atoms with Gasteiger partial charge in [-0.3, -0.25) is 0 Å². The first-order valence-corrected chi connectivity index (χ1v) is 7.41. The lowest BCUT2D eigenvalue weighted by Crippen LogP contribution is -2.17. The second-order valence-electron chi connectivity index (χ2n) is 3.63. The van der Waals surface area contributed by atoms with Crippen LogP contribution in [0.1, 0.15) is 0 Å². The maximum Gasteiger partial charge on any atom is 0.417 e. The molecule has 0 fully saturated rings. The summed E-state index contributed by atoms with van der Waals surface area (Å²) in [5.41, 5.74) is 0. The molecule has 0 aliphatic rings. The first-order valence-electron chi connectivity index (χ1n) is 3.70. The fourth-order valence-corrected chi connectivity index (χ4v) is 1.46. The van der Waals surface area contributed by atoms with E-state index >= 15 is 0 Å². The maximum absolute atomic E-state index is 9.59. The van der Waals surface area contributed by atoms with E-state index in [0.29, 0.717) is 6.61 Å². The molecule has 63 valence electrons. The molecular formula is C8H15O2Si. The van der Waals surface area contributed by atoms with E-state index in [2.05, 4.69) is 30.5 Å². The van der Waals surface area contributed by atoms with Gasteiger partial charge in [0.15, 0.2) is 0 Å².